The fourth-order valence-corrected chi connectivity index (χ4v) is 4.91. The van der Waals surface area contributed by atoms with E-state index in [1.807, 2.05) is 0 Å². The molecule has 1 aromatic carbocycles. The predicted molar refractivity (Wildman–Crippen MR) is 93.8 cm³/mol. The van der Waals surface area contributed by atoms with E-state index in [2.05, 4.69) is 0 Å². The molecule has 1 fully saturated rings. The van der Waals surface area contributed by atoms with E-state index in [9.17, 15) is 18.0 Å². The molecular weight excluding hydrogens is 405 g/mol. The minimum atomic E-state index is -3.66. The maximum atomic E-state index is 13.0. The van der Waals surface area contributed by atoms with Gasteiger partial charge >= 0.3 is 5.97 Å². The van der Waals surface area contributed by atoms with E-state index in [-0.39, 0.29) is 28.2 Å². The first-order chi connectivity index (χ1) is 12.0. The summed E-state index contributed by atoms with van der Waals surface area (Å²) in [6, 6.07) is 4.46. The molecular formula is C16H15Cl2NO6S. The van der Waals surface area contributed by atoms with Crippen LogP contribution in [0.2, 0.25) is 10.0 Å². The summed E-state index contributed by atoms with van der Waals surface area (Å²) >= 11 is 12.0. The Balaban J connectivity index is 2.11. The molecule has 0 amide bonds. The van der Waals surface area contributed by atoms with Crippen molar-refractivity contribution < 1.29 is 27.5 Å². The van der Waals surface area contributed by atoms with Crippen molar-refractivity contribution in [1.82, 2.24) is 4.31 Å². The van der Waals surface area contributed by atoms with E-state index in [1.54, 1.807) is 0 Å². The molecule has 0 aliphatic carbocycles. The molecule has 1 atom stereocenters. The van der Waals surface area contributed by atoms with Gasteiger partial charge < -0.3 is 9.47 Å². The molecule has 0 N–H and O–H groups in total. The van der Waals surface area contributed by atoms with E-state index >= 15 is 0 Å². The normalized spacial score (nSPS) is 24.8. The van der Waals surface area contributed by atoms with E-state index in [0.29, 0.717) is 12.0 Å². The molecule has 1 unspecified atom stereocenters. The molecule has 10 heteroatoms. The van der Waals surface area contributed by atoms with E-state index < -0.39 is 33.1 Å². The number of hydrogen-bond acceptors (Lipinski definition) is 6. The van der Waals surface area contributed by atoms with Crippen LogP contribution in [0.4, 0.5) is 0 Å². The Kier molecular flexibility index (Phi) is 4.71. The minimum absolute atomic E-state index is 0.0822. The number of esters is 1. The molecule has 3 rings (SSSR count). The second-order valence-electron chi connectivity index (χ2n) is 6.09. The number of nitrogens with zero attached hydrogens (tertiary/aromatic N) is 1. The number of carbonyl (C=O) groups excluding carboxylic acids is 2. The summed E-state index contributed by atoms with van der Waals surface area (Å²) in [4.78, 5) is 24.4. The Morgan fingerprint density at radius 2 is 1.88 bits per heavy atom. The van der Waals surface area contributed by atoms with Gasteiger partial charge in [-0.15, -0.1) is 0 Å². The zero-order valence-electron chi connectivity index (χ0n) is 13.9. The van der Waals surface area contributed by atoms with Gasteiger partial charge in [0.05, 0.1) is 5.75 Å². The largest absolute Gasteiger partial charge is 0.456 e. The number of carbonyl (C=O) groups is 2. The number of benzene rings is 1. The molecule has 26 heavy (non-hydrogen) atoms. The molecule has 1 aromatic rings. The molecule has 0 saturated carbocycles. The molecule has 140 valence electrons. The summed E-state index contributed by atoms with van der Waals surface area (Å²) in [5.74, 6) is -2.27. The first-order valence-electron chi connectivity index (χ1n) is 7.68. The van der Waals surface area contributed by atoms with Crippen LogP contribution in [0, 0.1) is 0 Å². The Labute approximate surface area is 160 Å². The van der Waals surface area contributed by atoms with E-state index in [0.717, 1.165) is 11.2 Å². The van der Waals surface area contributed by atoms with Gasteiger partial charge in [-0.25, -0.2) is 12.7 Å². The summed E-state index contributed by atoms with van der Waals surface area (Å²) < 4.78 is 36.3. The zero-order valence-corrected chi connectivity index (χ0v) is 16.2. The highest BCUT2D eigenvalue weighted by Gasteiger charge is 2.53. The maximum Gasteiger partial charge on any atom is 0.308 e. The number of ether oxygens (including phenoxy) is 2. The lowest BCUT2D eigenvalue weighted by Crippen LogP contribution is -2.33. The first-order valence-corrected chi connectivity index (χ1v) is 10.0. The average molecular weight is 420 g/mol. The number of rotatable bonds is 3. The third-order valence-electron chi connectivity index (χ3n) is 4.12. The SMILES string of the molecule is CC(=O)OC1=C(N2CCCS2(=O)=O)OC(C)(c2cc(Cl)cc(Cl)c2)C1=O. The van der Waals surface area contributed by atoms with Crippen molar-refractivity contribution in [2.24, 2.45) is 0 Å². The predicted octanol–water partition coefficient (Wildman–Crippen LogP) is 2.58. The third-order valence-corrected chi connectivity index (χ3v) is 6.38. The molecule has 0 spiro atoms. The second-order valence-corrected chi connectivity index (χ2v) is 8.98. The van der Waals surface area contributed by atoms with Gasteiger partial charge in [0, 0.05) is 29.1 Å². The monoisotopic (exact) mass is 419 g/mol. The summed E-state index contributed by atoms with van der Waals surface area (Å²) in [5, 5.41) is 0.558. The highest BCUT2D eigenvalue weighted by Crippen LogP contribution is 2.43. The Morgan fingerprint density at radius 1 is 1.27 bits per heavy atom. The first kappa shape index (κ1) is 19.0. The van der Waals surface area contributed by atoms with Gasteiger partial charge in [0.1, 0.15) is 0 Å². The number of hydrogen-bond donors (Lipinski definition) is 0. The lowest BCUT2D eigenvalue weighted by molar-refractivity contribution is -0.142. The van der Waals surface area contributed by atoms with Crippen molar-refractivity contribution in [1.29, 1.82) is 0 Å². The van der Waals surface area contributed by atoms with Gasteiger partial charge in [-0.2, -0.15) is 0 Å². The molecule has 1 saturated heterocycles. The Hall–Kier alpha value is -1.77. The van der Waals surface area contributed by atoms with Crippen molar-refractivity contribution in [2.75, 3.05) is 12.3 Å². The lowest BCUT2D eigenvalue weighted by atomic mass is 9.91. The fraction of sp³-hybridized carbons (Fsp3) is 0.375. The molecule has 2 aliphatic heterocycles. The average Bonchev–Trinajstić information content (AvgIpc) is 2.98. The van der Waals surface area contributed by atoms with Crippen molar-refractivity contribution in [3.63, 3.8) is 0 Å². The molecule has 2 aliphatic rings. The zero-order chi connectivity index (χ0) is 19.3. The van der Waals surface area contributed by atoms with Crippen molar-refractivity contribution in [3.8, 4) is 0 Å². The third kappa shape index (κ3) is 3.17. The fourth-order valence-electron chi connectivity index (χ4n) is 2.88. The summed E-state index contributed by atoms with van der Waals surface area (Å²) in [7, 11) is -3.66. The quantitative estimate of drug-likeness (QED) is 0.699. The highest BCUT2D eigenvalue weighted by atomic mass is 35.5. The van der Waals surface area contributed by atoms with E-state index in [1.165, 1.54) is 25.1 Å². The van der Waals surface area contributed by atoms with Crippen molar-refractivity contribution in [3.05, 3.63) is 45.5 Å². The van der Waals surface area contributed by atoms with E-state index in [4.69, 9.17) is 32.7 Å². The number of ketones is 1. The number of halogens is 2. The molecule has 0 radical (unpaired) electrons. The summed E-state index contributed by atoms with van der Waals surface area (Å²) in [6.07, 6.45) is 0.371. The van der Waals surface area contributed by atoms with Gasteiger partial charge in [-0.1, -0.05) is 23.2 Å². The Morgan fingerprint density at radius 3 is 2.38 bits per heavy atom. The van der Waals surface area contributed by atoms with Crippen LogP contribution >= 0.6 is 23.2 Å². The van der Waals surface area contributed by atoms with Gasteiger partial charge in [-0.05, 0) is 31.5 Å². The number of Topliss-reactive ketones (excluding diaryl/α,β-unsaturated/α-hetero) is 1. The highest BCUT2D eigenvalue weighted by molar-refractivity contribution is 7.89. The minimum Gasteiger partial charge on any atom is -0.456 e. The Bertz CT molecular complexity index is 922. The van der Waals surface area contributed by atoms with Crippen LogP contribution in [0.25, 0.3) is 0 Å². The van der Waals surface area contributed by atoms with Crippen molar-refractivity contribution >= 4 is 45.0 Å². The van der Waals surface area contributed by atoms with Crippen LogP contribution in [0.1, 0.15) is 25.8 Å². The van der Waals surface area contributed by atoms with Crippen LogP contribution in [0.3, 0.4) is 0 Å². The topological polar surface area (TPSA) is 90.0 Å². The van der Waals surface area contributed by atoms with Crippen LogP contribution in [0.15, 0.2) is 29.8 Å². The van der Waals surface area contributed by atoms with Gasteiger partial charge in [0.15, 0.2) is 5.60 Å². The maximum absolute atomic E-state index is 13.0. The molecule has 0 bridgehead atoms. The van der Waals surface area contributed by atoms with Gasteiger partial charge in [0.25, 0.3) is 11.7 Å². The smallest absolute Gasteiger partial charge is 0.308 e. The number of sulfonamides is 1. The second kappa shape index (κ2) is 6.44. The van der Waals surface area contributed by atoms with Crippen molar-refractivity contribution in [2.45, 2.75) is 25.9 Å². The summed E-state index contributed by atoms with van der Waals surface area (Å²) in [5.41, 5.74) is -1.32. The lowest BCUT2D eigenvalue weighted by Gasteiger charge is -2.26. The molecule has 0 aromatic heterocycles. The van der Waals surface area contributed by atoms with Crippen LogP contribution in [-0.2, 0) is 34.7 Å². The molecule has 2 heterocycles. The van der Waals surface area contributed by atoms with Gasteiger partial charge in [0.2, 0.25) is 15.8 Å². The molecule has 7 nitrogen and oxygen atoms in total. The standard InChI is InChI=1S/C16H15Cl2NO6S/c1-9(20)24-13-14(21)16(2,10-6-11(17)8-12(18)7-10)25-15(13)19-4-3-5-26(19,22)23/h6-8H,3-5H2,1-2H3. The van der Waals surface area contributed by atoms with Crippen LogP contribution in [0.5, 0.6) is 0 Å². The summed E-state index contributed by atoms with van der Waals surface area (Å²) in [6.45, 7) is 2.68. The van der Waals surface area contributed by atoms with Crippen LogP contribution < -0.4 is 0 Å². The van der Waals surface area contributed by atoms with Gasteiger partial charge in [-0.3, -0.25) is 9.59 Å². The van der Waals surface area contributed by atoms with Crippen LogP contribution in [-0.4, -0.2) is 36.8 Å².